The number of rotatable bonds is 7. The number of nitrogens with one attached hydrogen (secondary N) is 2. The van der Waals surface area contributed by atoms with Crippen molar-refractivity contribution < 1.29 is 23.2 Å². The molecule has 0 aromatic carbocycles. The minimum atomic E-state index is -3.77. The Morgan fingerprint density at radius 2 is 1.88 bits per heavy atom. The molecular formula is C9H20N2O4S. The summed E-state index contributed by atoms with van der Waals surface area (Å²) in [4.78, 5) is 11.4. The SMILES string of the molecule is C[NH+](C)CC(C)(C)CNS(=O)(=O)CC(=O)[O-]. The van der Waals surface area contributed by atoms with Gasteiger partial charge in [0, 0.05) is 12.0 Å². The molecule has 0 aromatic heterocycles. The van der Waals surface area contributed by atoms with Gasteiger partial charge in [0.15, 0.2) is 0 Å². The zero-order valence-electron chi connectivity index (χ0n) is 10.2. The summed E-state index contributed by atoms with van der Waals surface area (Å²) < 4.78 is 24.7. The van der Waals surface area contributed by atoms with Gasteiger partial charge in [-0.05, 0) is 0 Å². The first kappa shape index (κ1) is 15.3. The lowest BCUT2D eigenvalue weighted by molar-refractivity contribution is -0.865. The lowest BCUT2D eigenvalue weighted by atomic mass is 9.93. The van der Waals surface area contributed by atoms with Gasteiger partial charge in [-0.1, -0.05) is 13.8 Å². The van der Waals surface area contributed by atoms with Crippen LogP contribution in [0.4, 0.5) is 0 Å². The number of quaternary nitrogens is 1. The summed E-state index contributed by atoms with van der Waals surface area (Å²) in [6, 6.07) is 0. The Balaban J connectivity index is 4.28. The van der Waals surface area contributed by atoms with Crippen LogP contribution >= 0.6 is 0 Å². The fourth-order valence-electron chi connectivity index (χ4n) is 1.53. The summed E-state index contributed by atoms with van der Waals surface area (Å²) >= 11 is 0. The van der Waals surface area contributed by atoms with E-state index in [1.54, 1.807) is 0 Å². The van der Waals surface area contributed by atoms with Crippen molar-refractivity contribution in [3.05, 3.63) is 0 Å². The third-order valence-corrected chi connectivity index (χ3v) is 3.11. The Hall–Kier alpha value is -0.660. The first-order chi connectivity index (χ1) is 7.04. The molecular weight excluding hydrogens is 232 g/mol. The number of hydrogen-bond donors (Lipinski definition) is 2. The van der Waals surface area contributed by atoms with Crippen LogP contribution in [0, 0.1) is 5.41 Å². The van der Waals surface area contributed by atoms with Crippen LogP contribution in [0.5, 0.6) is 0 Å². The number of carboxylic acids is 1. The van der Waals surface area contributed by atoms with Crippen molar-refractivity contribution in [1.82, 2.24) is 4.72 Å². The van der Waals surface area contributed by atoms with Crippen LogP contribution in [-0.2, 0) is 14.8 Å². The molecule has 0 atom stereocenters. The molecule has 0 rings (SSSR count). The zero-order chi connectivity index (χ0) is 13.0. The number of aliphatic carboxylic acids is 1. The van der Waals surface area contributed by atoms with Crippen molar-refractivity contribution >= 4 is 16.0 Å². The van der Waals surface area contributed by atoms with E-state index in [-0.39, 0.29) is 12.0 Å². The first-order valence-electron chi connectivity index (χ1n) is 5.00. The molecule has 96 valence electrons. The number of carbonyl (C=O) groups excluding carboxylic acids is 1. The highest BCUT2D eigenvalue weighted by molar-refractivity contribution is 7.90. The average Bonchev–Trinajstić information content (AvgIpc) is 1.96. The van der Waals surface area contributed by atoms with E-state index in [0.717, 1.165) is 6.54 Å². The van der Waals surface area contributed by atoms with Gasteiger partial charge >= 0.3 is 0 Å². The minimum Gasteiger partial charge on any atom is -0.549 e. The minimum absolute atomic E-state index is 0.216. The second-order valence-corrected chi connectivity index (χ2v) is 6.81. The first-order valence-corrected chi connectivity index (χ1v) is 6.65. The van der Waals surface area contributed by atoms with Crippen LogP contribution in [0.1, 0.15) is 13.8 Å². The van der Waals surface area contributed by atoms with Gasteiger partial charge in [0.1, 0.15) is 5.75 Å². The smallest absolute Gasteiger partial charge is 0.217 e. The molecule has 0 saturated heterocycles. The predicted octanol–water partition coefficient (Wildman–Crippen LogP) is -3.17. The second-order valence-electron chi connectivity index (χ2n) is 5.00. The van der Waals surface area contributed by atoms with Gasteiger partial charge in [-0.15, -0.1) is 0 Å². The van der Waals surface area contributed by atoms with E-state index in [9.17, 15) is 18.3 Å². The van der Waals surface area contributed by atoms with Gasteiger partial charge in [-0.2, -0.15) is 0 Å². The van der Waals surface area contributed by atoms with E-state index in [4.69, 9.17) is 0 Å². The lowest BCUT2D eigenvalue weighted by Crippen LogP contribution is -3.07. The predicted molar refractivity (Wildman–Crippen MR) is 58.3 cm³/mol. The van der Waals surface area contributed by atoms with Crippen LogP contribution in [0.25, 0.3) is 0 Å². The summed E-state index contributed by atoms with van der Waals surface area (Å²) in [6.07, 6.45) is 0. The maximum absolute atomic E-state index is 11.2. The third-order valence-electron chi connectivity index (χ3n) is 1.91. The van der Waals surface area contributed by atoms with Gasteiger partial charge in [0.2, 0.25) is 10.0 Å². The molecule has 0 aliphatic carbocycles. The standard InChI is InChI=1S/C9H20N2O4S/c1-9(2,7-11(3)4)6-10-16(14,15)5-8(12)13/h10H,5-7H2,1-4H3,(H,12,13). The molecule has 0 fully saturated rings. The van der Waals surface area contributed by atoms with Crippen molar-refractivity contribution in [3.63, 3.8) is 0 Å². The Morgan fingerprint density at radius 1 is 1.38 bits per heavy atom. The largest absolute Gasteiger partial charge is 0.549 e. The highest BCUT2D eigenvalue weighted by Crippen LogP contribution is 2.10. The Bertz CT molecular complexity index is 335. The molecule has 0 aliphatic rings. The van der Waals surface area contributed by atoms with Crippen LogP contribution < -0.4 is 14.7 Å². The second kappa shape index (κ2) is 5.60. The van der Waals surface area contributed by atoms with E-state index >= 15 is 0 Å². The molecule has 6 nitrogen and oxygen atoms in total. The normalized spacial score (nSPS) is 13.1. The van der Waals surface area contributed by atoms with E-state index in [1.807, 2.05) is 27.9 Å². The maximum Gasteiger partial charge on any atom is 0.217 e. The topological polar surface area (TPSA) is 90.7 Å². The maximum atomic E-state index is 11.2. The molecule has 0 aliphatic heterocycles. The Morgan fingerprint density at radius 3 is 2.25 bits per heavy atom. The number of hydrogen-bond acceptors (Lipinski definition) is 4. The molecule has 0 radical (unpaired) electrons. The molecule has 0 bridgehead atoms. The van der Waals surface area contributed by atoms with Crippen LogP contribution in [0.3, 0.4) is 0 Å². The summed E-state index contributed by atoms with van der Waals surface area (Å²) in [5.74, 6) is -2.58. The average molecular weight is 252 g/mol. The van der Waals surface area contributed by atoms with Crippen molar-refractivity contribution in [2.45, 2.75) is 13.8 Å². The summed E-state index contributed by atoms with van der Waals surface area (Å²) in [7, 11) is 0.168. The van der Waals surface area contributed by atoms with Crippen molar-refractivity contribution in [2.75, 3.05) is 32.9 Å². The number of carbonyl (C=O) groups is 1. The summed E-state index contributed by atoms with van der Waals surface area (Å²) in [5.41, 5.74) is -0.224. The van der Waals surface area contributed by atoms with Gasteiger partial charge in [-0.3, -0.25) is 0 Å². The van der Waals surface area contributed by atoms with E-state index in [1.165, 1.54) is 4.90 Å². The molecule has 0 unspecified atom stereocenters. The molecule has 7 heteroatoms. The fourth-order valence-corrected chi connectivity index (χ4v) is 2.55. The number of carboxylic acid groups (broad SMARTS) is 1. The number of sulfonamides is 1. The molecule has 0 amide bonds. The van der Waals surface area contributed by atoms with Gasteiger partial charge in [0.05, 0.1) is 26.6 Å². The summed E-state index contributed by atoms with van der Waals surface area (Å²) in [6.45, 7) is 4.83. The Kier molecular flexibility index (Phi) is 5.37. The van der Waals surface area contributed by atoms with Crippen molar-refractivity contribution in [3.8, 4) is 0 Å². The zero-order valence-corrected chi connectivity index (χ0v) is 11.0. The van der Waals surface area contributed by atoms with E-state index in [2.05, 4.69) is 4.72 Å². The van der Waals surface area contributed by atoms with E-state index < -0.39 is 21.7 Å². The quantitative estimate of drug-likeness (QED) is 0.500. The molecule has 16 heavy (non-hydrogen) atoms. The van der Waals surface area contributed by atoms with Crippen LogP contribution in [0.15, 0.2) is 0 Å². The van der Waals surface area contributed by atoms with Crippen LogP contribution in [-0.4, -0.2) is 47.3 Å². The molecule has 2 N–H and O–H groups in total. The fraction of sp³-hybridized carbons (Fsp3) is 0.889. The van der Waals surface area contributed by atoms with Crippen molar-refractivity contribution in [2.24, 2.45) is 5.41 Å². The van der Waals surface area contributed by atoms with Gasteiger partial charge in [-0.25, -0.2) is 13.1 Å². The third kappa shape index (κ3) is 7.61. The van der Waals surface area contributed by atoms with E-state index in [0.29, 0.717) is 0 Å². The Labute approximate surface area is 96.7 Å². The monoisotopic (exact) mass is 252 g/mol. The lowest BCUT2D eigenvalue weighted by Gasteiger charge is -2.26. The van der Waals surface area contributed by atoms with Crippen molar-refractivity contribution in [1.29, 1.82) is 0 Å². The van der Waals surface area contributed by atoms with Gasteiger partial charge < -0.3 is 14.8 Å². The molecule has 0 spiro atoms. The van der Waals surface area contributed by atoms with Gasteiger partial charge in [0.25, 0.3) is 0 Å². The summed E-state index contributed by atoms with van der Waals surface area (Å²) in [5, 5.41) is 10.2. The highest BCUT2D eigenvalue weighted by atomic mass is 32.2. The van der Waals surface area contributed by atoms with Crippen LogP contribution in [0.2, 0.25) is 0 Å². The highest BCUT2D eigenvalue weighted by Gasteiger charge is 2.24. The molecule has 0 saturated carbocycles. The molecule has 0 heterocycles. The molecule has 0 aromatic rings.